The fraction of sp³-hybridized carbons (Fsp3) is 0.300. The maximum atomic E-state index is 12.6. The summed E-state index contributed by atoms with van der Waals surface area (Å²) >= 11 is 2.61. The number of aromatic carboxylic acids is 1. The number of aromatic nitrogens is 1. The van der Waals surface area contributed by atoms with Crippen molar-refractivity contribution < 1.29 is 27.9 Å². The van der Waals surface area contributed by atoms with Crippen molar-refractivity contribution in [2.24, 2.45) is 0 Å². The SMILES string of the molecule is CCC(=O)Nc1nc(C(F)(F)F)c(Br)cc1C(=O)O. The van der Waals surface area contributed by atoms with Crippen LogP contribution in [0.15, 0.2) is 10.5 Å². The monoisotopic (exact) mass is 340 g/mol. The molecular formula is C10H8BrF3N2O3. The van der Waals surface area contributed by atoms with Crippen LogP contribution in [-0.4, -0.2) is 22.0 Å². The molecule has 104 valence electrons. The molecule has 0 aromatic carbocycles. The number of carbonyl (C=O) groups is 2. The minimum atomic E-state index is -4.76. The summed E-state index contributed by atoms with van der Waals surface area (Å²) in [6.07, 6.45) is -4.78. The average Bonchev–Trinajstić information content (AvgIpc) is 2.28. The fourth-order valence-corrected chi connectivity index (χ4v) is 1.71. The Morgan fingerprint density at radius 1 is 1.47 bits per heavy atom. The van der Waals surface area contributed by atoms with Crippen molar-refractivity contribution in [1.82, 2.24) is 4.98 Å². The number of rotatable bonds is 3. The van der Waals surface area contributed by atoms with Crippen LogP contribution in [0.5, 0.6) is 0 Å². The Bertz CT molecular complexity index is 531. The van der Waals surface area contributed by atoms with Gasteiger partial charge in [-0.1, -0.05) is 6.92 Å². The summed E-state index contributed by atoms with van der Waals surface area (Å²) in [7, 11) is 0. The molecule has 5 nitrogen and oxygen atoms in total. The van der Waals surface area contributed by atoms with Gasteiger partial charge in [0.15, 0.2) is 5.69 Å². The molecule has 0 bridgehead atoms. The largest absolute Gasteiger partial charge is 0.478 e. The molecule has 2 N–H and O–H groups in total. The van der Waals surface area contributed by atoms with Gasteiger partial charge < -0.3 is 10.4 Å². The molecule has 0 saturated carbocycles. The number of hydrogen-bond donors (Lipinski definition) is 2. The third-order valence-electron chi connectivity index (χ3n) is 2.05. The van der Waals surface area contributed by atoms with Crippen molar-refractivity contribution in [3.63, 3.8) is 0 Å². The normalized spacial score (nSPS) is 11.2. The minimum absolute atomic E-state index is 0.0157. The first kappa shape index (κ1) is 15.4. The summed E-state index contributed by atoms with van der Waals surface area (Å²) in [5, 5.41) is 10.9. The average molecular weight is 341 g/mol. The highest BCUT2D eigenvalue weighted by Crippen LogP contribution is 2.35. The molecule has 0 aliphatic carbocycles. The number of amides is 1. The molecule has 0 saturated heterocycles. The number of hydrogen-bond acceptors (Lipinski definition) is 3. The smallest absolute Gasteiger partial charge is 0.434 e. The highest BCUT2D eigenvalue weighted by Gasteiger charge is 2.36. The number of pyridine rings is 1. The van der Waals surface area contributed by atoms with Gasteiger partial charge in [0.1, 0.15) is 11.4 Å². The van der Waals surface area contributed by atoms with Gasteiger partial charge in [-0.2, -0.15) is 13.2 Å². The first-order chi connectivity index (χ1) is 8.66. The van der Waals surface area contributed by atoms with Crippen LogP contribution in [0, 0.1) is 0 Å². The highest BCUT2D eigenvalue weighted by molar-refractivity contribution is 9.10. The molecule has 0 radical (unpaired) electrons. The molecule has 0 fully saturated rings. The van der Waals surface area contributed by atoms with E-state index in [-0.39, 0.29) is 6.42 Å². The van der Waals surface area contributed by atoms with Gasteiger partial charge in [-0.15, -0.1) is 0 Å². The van der Waals surface area contributed by atoms with Gasteiger partial charge in [0, 0.05) is 10.9 Å². The van der Waals surface area contributed by atoms with Crippen LogP contribution in [-0.2, 0) is 11.0 Å². The number of anilines is 1. The van der Waals surface area contributed by atoms with Crippen LogP contribution < -0.4 is 5.32 Å². The second kappa shape index (κ2) is 5.55. The van der Waals surface area contributed by atoms with Crippen molar-refractivity contribution in [3.05, 3.63) is 21.8 Å². The molecule has 1 rings (SSSR count). The molecule has 0 atom stereocenters. The van der Waals surface area contributed by atoms with Gasteiger partial charge in [-0.25, -0.2) is 9.78 Å². The number of carboxylic acid groups (broad SMARTS) is 1. The molecule has 0 aliphatic rings. The lowest BCUT2D eigenvalue weighted by molar-refractivity contribution is -0.141. The summed E-state index contributed by atoms with van der Waals surface area (Å²) in [4.78, 5) is 25.2. The zero-order chi connectivity index (χ0) is 14.8. The summed E-state index contributed by atoms with van der Waals surface area (Å²) in [5.41, 5.74) is -1.83. The van der Waals surface area contributed by atoms with E-state index in [0.29, 0.717) is 0 Å². The van der Waals surface area contributed by atoms with Crippen LogP contribution in [0.2, 0.25) is 0 Å². The number of nitrogens with zero attached hydrogens (tertiary/aromatic N) is 1. The standard InChI is InChI=1S/C10H8BrF3N2O3/c1-2-6(17)15-8-4(9(18)19)3-5(11)7(16-8)10(12,13)14/h3H,2H2,1H3,(H,18,19)(H,15,16,17). The second-order valence-corrected chi connectivity index (χ2v) is 4.27. The molecule has 9 heteroatoms. The zero-order valence-corrected chi connectivity index (χ0v) is 11.1. The van der Waals surface area contributed by atoms with Crippen molar-refractivity contribution in [3.8, 4) is 0 Å². The molecule has 1 amide bonds. The van der Waals surface area contributed by atoms with Gasteiger partial charge in [-0.05, 0) is 22.0 Å². The number of nitrogens with one attached hydrogen (secondary N) is 1. The van der Waals surface area contributed by atoms with Gasteiger partial charge in [0.2, 0.25) is 5.91 Å². The van der Waals surface area contributed by atoms with Gasteiger partial charge in [-0.3, -0.25) is 4.79 Å². The summed E-state index contributed by atoms with van der Waals surface area (Å²) in [5.74, 6) is -2.76. The Morgan fingerprint density at radius 3 is 2.47 bits per heavy atom. The molecule has 1 aromatic rings. The van der Waals surface area contributed by atoms with E-state index in [9.17, 15) is 22.8 Å². The van der Waals surface area contributed by atoms with Crippen molar-refractivity contribution >= 4 is 33.6 Å². The molecule has 19 heavy (non-hydrogen) atoms. The van der Waals surface area contributed by atoms with E-state index in [1.807, 2.05) is 5.32 Å². The predicted octanol–water partition coefficient (Wildman–Crippen LogP) is 2.91. The fourth-order valence-electron chi connectivity index (χ4n) is 1.17. The van der Waals surface area contributed by atoms with Crippen molar-refractivity contribution in [2.75, 3.05) is 5.32 Å². The van der Waals surface area contributed by atoms with E-state index in [1.54, 1.807) is 0 Å². The minimum Gasteiger partial charge on any atom is -0.478 e. The Balaban J connectivity index is 3.40. The first-order valence-corrected chi connectivity index (χ1v) is 5.77. The van der Waals surface area contributed by atoms with E-state index >= 15 is 0 Å². The van der Waals surface area contributed by atoms with E-state index in [2.05, 4.69) is 20.9 Å². The van der Waals surface area contributed by atoms with E-state index in [0.717, 1.165) is 6.07 Å². The molecular weight excluding hydrogens is 333 g/mol. The number of carboxylic acids is 1. The Hall–Kier alpha value is -1.64. The van der Waals surface area contributed by atoms with E-state index in [4.69, 9.17) is 5.11 Å². The maximum Gasteiger partial charge on any atom is 0.434 e. The van der Waals surface area contributed by atoms with E-state index in [1.165, 1.54) is 6.92 Å². The summed E-state index contributed by atoms with van der Waals surface area (Å²) in [6.45, 7) is 1.47. The zero-order valence-electron chi connectivity index (χ0n) is 9.51. The lowest BCUT2D eigenvalue weighted by Crippen LogP contribution is -2.18. The Labute approximate surface area is 114 Å². The van der Waals surface area contributed by atoms with Crippen molar-refractivity contribution in [1.29, 1.82) is 0 Å². The second-order valence-electron chi connectivity index (χ2n) is 3.42. The maximum absolute atomic E-state index is 12.6. The molecule has 0 spiro atoms. The van der Waals surface area contributed by atoms with Crippen LogP contribution in [0.25, 0.3) is 0 Å². The Morgan fingerprint density at radius 2 is 2.05 bits per heavy atom. The number of carbonyl (C=O) groups excluding carboxylic acids is 1. The third-order valence-corrected chi connectivity index (χ3v) is 2.66. The highest BCUT2D eigenvalue weighted by atomic mass is 79.9. The lowest BCUT2D eigenvalue weighted by Gasteiger charge is -2.13. The Kier molecular flexibility index (Phi) is 4.51. The predicted molar refractivity (Wildman–Crippen MR) is 62.8 cm³/mol. The first-order valence-electron chi connectivity index (χ1n) is 4.97. The van der Waals surface area contributed by atoms with Crippen LogP contribution >= 0.6 is 15.9 Å². The van der Waals surface area contributed by atoms with Crippen LogP contribution in [0.4, 0.5) is 19.0 Å². The number of halogens is 4. The third kappa shape index (κ3) is 3.66. The topological polar surface area (TPSA) is 79.3 Å². The lowest BCUT2D eigenvalue weighted by atomic mass is 10.2. The molecule has 0 aliphatic heterocycles. The quantitative estimate of drug-likeness (QED) is 0.886. The van der Waals surface area contributed by atoms with Gasteiger partial charge in [0.05, 0.1) is 0 Å². The van der Waals surface area contributed by atoms with Crippen LogP contribution in [0.1, 0.15) is 29.4 Å². The van der Waals surface area contributed by atoms with Gasteiger partial charge >= 0.3 is 12.1 Å². The van der Waals surface area contributed by atoms with E-state index < -0.39 is 39.6 Å². The number of alkyl halides is 3. The van der Waals surface area contributed by atoms with Gasteiger partial charge in [0.25, 0.3) is 0 Å². The van der Waals surface area contributed by atoms with Crippen LogP contribution in [0.3, 0.4) is 0 Å². The summed E-state index contributed by atoms with van der Waals surface area (Å²) in [6, 6.07) is 0.753. The van der Waals surface area contributed by atoms with Crippen molar-refractivity contribution in [2.45, 2.75) is 19.5 Å². The molecule has 1 aromatic heterocycles. The molecule has 1 heterocycles. The summed E-state index contributed by atoms with van der Waals surface area (Å²) < 4.78 is 37.4. The molecule has 0 unspecified atom stereocenters.